The zero-order chi connectivity index (χ0) is 85.7. The highest BCUT2D eigenvalue weighted by molar-refractivity contribution is 8.00. The molecule has 34 heteroatoms. The summed E-state index contributed by atoms with van der Waals surface area (Å²) >= 11 is 0.825. The molecule has 1 fully saturated rings. The van der Waals surface area contributed by atoms with E-state index in [1.807, 2.05) is 0 Å². The zero-order valence-corrected chi connectivity index (χ0v) is 67.0. The number of primary amides is 1. The van der Waals surface area contributed by atoms with E-state index in [1.165, 1.54) is 86.8 Å². The van der Waals surface area contributed by atoms with Crippen molar-refractivity contribution < 1.29 is 87.5 Å². The summed E-state index contributed by atoms with van der Waals surface area (Å²) in [4.78, 5) is 207. The van der Waals surface area contributed by atoms with Crippen LogP contribution in [0.1, 0.15) is 80.8 Å². The van der Waals surface area contributed by atoms with Crippen molar-refractivity contribution in [2.75, 3.05) is 38.2 Å². The van der Waals surface area contributed by atoms with E-state index in [9.17, 15) is 73.2 Å². The van der Waals surface area contributed by atoms with E-state index >= 15 is 14.4 Å². The number of carbonyl (C=O) groups excluding carboxylic acids is 14. The van der Waals surface area contributed by atoms with Crippen LogP contribution in [0.15, 0.2) is 164 Å². The number of aromatic nitrogens is 1. The molecule has 1 aliphatic rings. The van der Waals surface area contributed by atoms with Crippen LogP contribution in [0.4, 0.5) is 0 Å². The second-order valence-electron chi connectivity index (χ2n) is 29.8. The lowest BCUT2D eigenvalue weighted by Gasteiger charge is -2.33. The summed E-state index contributed by atoms with van der Waals surface area (Å²) in [6.07, 6.45) is 0.0779. The Balaban J connectivity index is 1.18. The van der Waals surface area contributed by atoms with Crippen LogP contribution in [0.2, 0.25) is 0 Å². The second kappa shape index (κ2) is 44.3. The summed E-state index contributed by atoms with van der Waals surface area (Å²) in [7, 11) is 1.31. The Hall–Kier alpha value is -12.9. The van der Waals surface area contributed by atoms with Gasteiger partial charge in [0.1, 0.15) is 83.7 Å². The molecular weight excluding hydrogens is 1540 g/mol. The number of H-pyrrole nitrogens is 1. The molecule has 0 unspecified atom stereocenters. The molecule has 0 bridgehead atoms. The maximum atomic E-state index is 15.6. The number of aliphatic hydroxyl groups is 1. The van der Waals surface area contributed by atoms with Gasteiger partial charge in [0.25, 0.3) is 0 Å². The molecule has 118 heavy (non-hydrogen) atoms. The van der Waals surface area contributed by atoms with Crippen LogP contribution in [-0.4, -0.2) is 218 Å². The van der Waals surface area contributed by atoms with Gasteiger partial charge in [-0.3, -0.25) is 67.1 Å². The molecule has 1 aliphatic heterocycles. The summed E-state index contributed by atoms with van der Waals surface area (Å²) in [5.41, 5.74) is 8.92. The minimum absolute atomic E-state index is 0.0410. The monoisotopic (exact) mass is 1640 g/mol. The lowest BCUT2D eigenvalue weighted by atomic mass is 9.98. The van der Waals surface area contributed by atoms with Gasteiger partial charge < -0.3 is 99.8 Å². The first kappa shape index (κ1) is 90.7. The average molecular weight is 1640 g/mol. The highest BCUT2D eigenvalue weighted by Crippen LogP contribution is 2.23. The molecule has 0 radical (unpaired) electrons. The van der Waals surface area contributed by atoms with E-state index in [-0.39, 0.29) is 86.2 Å². The van der Waals surface area contributed by atoms with E-state index in [2.05, 4.69) is 68.8 Å². The predicted octanol–water partition coefficient (Wildman–Crippen LogP) is 0.285. The summed E-state index contributed by atoms with van der Waals surface area (Å²) in [5, 5.41) is 73.5. The molecule has 0 saturated carbocycles. The Morgan fingerprint density at radius 3 is 1.37 bits per heavy atom. The Morgan fingerprint density at radius 1 is 0.458 bits per heavy atom. The Bertz CT molecular complexity index is 4650. The molecule has 33 nitrogen and oxygen atoms in total. The number of hydrogen-bond acceptors (Lipinski definition) is 19. The van der Waals surface area contributed by atoms with Gasteiger partial charge in [-0.05, 0) is 107 Å². The number of nitrogens with two attached hydrogens (primary N) is 1. The standard InChI is InChI=1S/C84H103N15O18S/c1-47(2)33-61-77(110)89-49(5)74(107)92-64(36-52-21-27-56(101)28-22-52)81(114)97-68(44-100)75(108)88-43-72(105)90-66(40-55-41-86-60-20-14-13-19-59(55)60)82(115)96-67(38-54-25-31-58(103)32-26-54)84(117)99(6)70(39-51-17-11-8-12-18-51)83(116)95-62(34-48(3)4)78(111)98-69(76(109)87-42-71(85)104)45-118-46-73(106)91-63(35-50-15-9-7-10-16-50)79(112)94-65(80(113)93-61)37-53-23-29-57(102)30-24-53/h7-32,41,47-49,61-70,86,100-103H,33-40,42-46H2,1-6H3,(H2,85,104)(H,87,109)(H,88,108)(H,89,110)(H,90,105)(H,91,106)(H,92,107)(H,93,113)(H,94,112)(H,95,116)(H,96,115)(H,97,114)(H,98,111)/t49-,61-,62-,63-,64-,65-,66-,67-,68-,69-,70-/m0/s1. The second-order valence-corrected chi connectivity index (χ2v) is 30.8. The third-order valence-electron chi connectivity index (χ3n) is 19.3. The number of rotatable bonds is 20. The first-order valence-corrected chi connectivity index (χ1v) is 39.7. The van der Waals surface area contributed by atoms with Crippen LogP contribution in [0.25, 0.3) is 10.9 Å². The first-order valence-electron chi connectivity index (χ1n) is 38.6. The van der Waals surface area contributed by atoms with Crippen molar-refractivity contribution in [3.8, 4) is 17.2 Å². The summed E-state index contributed by atoms with van der Waals surface area (Å²) in [5.74, 6) is -14.9. The molecule has 0 spiro atoms. The minimum Gasteiger partial charge on any atom is -0.508 e. The number of carbonyl (C=O) groups is 14. The number of nitrogens with one attached hydrogen (secondary N) is 13. The molecule has 7 aromatic rings. The molecule has 14 amide bonds. The number of likely N-dealkylation sites (N-methyl/N-ethyl adjacent to an activating group) is 1. The third-order valence-corrected chi connectivity index (χ3v) is 20.4. The van der Waals surface area contributed by atoms with Gasteiger partial charge in [-0.25, -0.2) is 0 Å². The Kier molecular flexibility index (Phi) is 34.0. The molecule has 1 saturated heterocycles. The molecule has 1 aromatic heterocycles. The molecule has 0 aliphatic carbocycles. The molecule has 19 N–H and O–H groups in total. The van der Waals surface area contributed by atoms with E-state index in [1.54, 1.807) is 119 Å². The van der Waals surface area contributed by atoms with Crippen LogP contribution < -0.4 is 69.5 Å². The maximum Gasteiger partial charge on any atom is 0.245 e. The Morgan fingerprint density at radius 2 is 0.864 bits per heavy atom. The summed E-state index contributed by atoms with van der Waals surface area (Å²) < 4.78 is 0. The number of para-hydroxylation sites is 1. The number of aliphatic hydroxyl groups excluding tert-OH is 1. The van der Waals surface area contributed by atoms with E-state index in [4.69, 9.17) is 5.73 Å². The van der Waals surface area contributed by atoms with Crippen molar-refractivity contribution in [1.82, 2.24) is 73.7 Å². The molecule has 11 atom stereocenters. The van der Waals surface area contributed by atoms with Crippen LogP contribution >= 0.6 is 11.8 Å². The number of benzene rings is 6. The molecule has 6 aromatic carbocycles. The number of hydrogen-bond donors (Lipinski definition) is 18. The average Bonchev–Trinajstić information content (AvgIpc) is 1.38. The van der Waals surface area contributed by atoms with Crippen molar-refractivity contribution in [3.63, 3.8) is 0 Å². The zero-order valence-electron chi connectivity index (χ0n) is 66.2. The minimum atomic E-state index is -1.82. The summed E-state index contributed by atoms with van der Waals surface area (Å²) in [6, 6.07) is 24.2. The van der Waals surface area contributed by atoms with Gasteiger partial charge in [-0.1, -0.05) is 143 Å². The van der Waals surface area contributed by atoms with E-state index in [0.29, 0.717) is 44.3 Å². The fraction of sp³-hybridized carbons (Fsp3) is 0.381. The smallest absolute Gasteiger partial charge is 0.245 e. The van der Waals surface area contributed by atoms with Crippen LogP contribution in [0.5, 0.6) is 17.2 Å². The van der Waals surface area contributed by atoms with Crippen LogP contribution in [0, 0.1) is 11.8 Å². The number of aromatic amines is 1. The number of phenolic OH excluding ortho intramolecular Hbond substituents is 3. The normalized spacial score (nSPS) is 22.2. The maximum absolute atomic E-state index is 15.6. The largest absolute Gasteiger partial charge is 0.508 e. The number of phenols is 3. The fourth-order valence-corrected chi connectivity index (χ4v) is 13.9. The predicted molar refractivity (Wildman–Crippen MR) is 438 cm³/mol. The number of amides is 14. The van der Waals surface area contributed by atoms with Crippen molar-refractivity contribution in [1.29, 1.82) is 0 Å². The van der Waals surface area contributed by atoms with Crippen molar-refractivity contribution in [3.05, 3.63) is 197 Å². The fourth-order valence-electron chi connectivity index (χ4n) is 13.1. The van der Waals surface area contributed by atoms with Gasteiger partial charge in [0.2, 0.25) is 82.7 Å². The lowest BCUT2D eigenvalue weighted by molar-refractivity contribution is -0.143. The number of aromatic hydroxyl groups is 3. The van der Waals surface area contributed by atoms with Gasteiger partial charge in [-0.15, -0.1) is 11.8 Å². The first-order chi connectivity index (χ1) is 56.3. The number of fused-ring (bicyclic) bond motifs is 1. The van der Waals surface area contributed by atoms with Crippen LogP contribution in [0.3, 0.4) is 0 Å². The van der Waals surface area contributed by atoms with E-state index in [0.717, 1.165) is 16.7 Å². The lowest BCUT2D eigenvalue weighted by Crippen LogP contribution is -2.61. The van der Waals surface area contributed by atoms with Gasteiger partial charge in [-0.2, -0.15) is 0 Å². The van der Waals surface area contributed by atoms with Crippen molar-refractivity contribution in [2.45, 2.75) is 152 Å². The molecule has 628 valence electrons. The number of nitrogens with zero attached hydrogens (tertiary/aromatic N) is 1. The van der Waals surface area contributed by atoms with Gasteiger partial charge in [0.05, 0.1) is 25.4 Å². The van der Waals surface area contributed by atoms with Crippen molar-refractivity contribution >= 4 is 105 Å². The molecule has 8 rings (SSSR count). The highest BCUT2D eigenvalue weighted by Gasteiger charge is 2.39. The van der Waals surface area contributed by atoms with Gasteiger partial charge in [0.15, 0.2) is 0 Å². The summed E-state index contributed by atoms with van der Waals surface area (Å²) in [6.45, 7) is 5.67. The number of thioether (sulfide) groups is 1. The van der Waals surface area contributed by atoms with E-state index < -0.39 is 175 Å². The quantitative estimate of drug-likeness (QED) is 0.0487. The van der Waals surface area contributed by atoms with Crippen molar-refractivity contribution in [2.24, 2.45) is 17.6 Å². The molecule has 2 heterocycles. The van der Waals surface area contributed by atoms with Gasteiger partial charge in [0, 0.05) is 68.4 Å². The molecular formula is C84H103N15O18S. The third kappa shape index (κ3) is 28.3. The Labute approximate surface area is 686 Å². The SMILES string of the molecule is CC(C)C[C@@H]1NC(=O)[C@H](Cc2ccc(O)cc2)NC(=O)[C@H](Cc2ccccc2)NC(=O)CSC[C@@H](C(=O)NCC(N)=O)NC(=O)[C@H](CC(C)C)NC(=O)[C@H](Cc2ccccc2)N(C)C(=O)[C@H](Cc2ccc(O)cc2)NC(=O)[C@H](Cc2c[nH]c3ccccc23)NC(=O)CNC(=O)[C@H](CO)NC(=O)[C@H](Cc2ccc(O)cc2)NC(=O)[C@H](C)NC1=O. The highest BCUT2D eigenvalue weighted by atomic mass is 32.2. The van der Waals surface area contributed by atoms with Crippen LogP contribution in [-0.2, 0) is 106 Å². The van der Waals surface area contributed by atoms with Gasteiger partial charge >= 0.3 is 0 Å². The topological polar surface area (TPSA) is 509 Å².